The summed E-state index contributed by atoms with van der Waals surface area (Å²) in [7, 11) is 0. The van der Waals surface area contributed by atoms with Gasteiger partial charge < -0.3 is 10.4 Å². The summed E-state index contributed by atoms with van der Waals surface area (Å²) in [6, 6.07) is 1.97. The maximum absolute atomic E-state index is 7.45. The number of rotatable bonds is 3. The summed E-state index contributed by atoms with van der Waals surface area (Å²) in [5.41, 5.74) is 2.90. The van der Waals surface area contributed by atoms with Crippen LogP contribution in [0.3, 0.4) is 0 Å². The van der Waals surface area contributed by atoms with Crippen molar-refractivity contribution in [1.29, 1.82) is 5.41 Å². The van der Waals surface area contributed by atoms with E-state index in [4.69, 9.17) is 5.41 Å². The molecule has 0 fully saturated rings. The van der Waals surface area contributed by atoms with Gasteiger partial charge in [-0.25, -0.2) is 0 Å². The third-order valence-electron chi connectivity index (χ3n) is 1.74. The van der Waals surface area contributed by atoms with E-state index in [0.717, 1.165) is 18.4 Å². The smallest absolute Gasteiger partial charge is 0.0373 e. The normalized spacial score (nSPS) is 10.0. The Balaban J connectivity index is 2.87. The second kappa shape index (κ2) is 3.37. The van der Waals surface area contributed by atoms with Crippen LogP contribution in [0, 0.1) is 5.41 Å². The fourth-order valence-corrected chi connectivity index (χ4v) is 1.21. The van der Waals surface area contributed by atoms with Crippen molar-refractivity contribution in [1.82, 2.24) is 4.98 Å². The Morgan fingerprint density at radius 3 is 2.91 bits per heavy atom. The van der Waals surface area contributed by atoms with Gasteiger partial charge >= 0.3 is 0 Å². The molecule has 60 valence electrons. The highest BCUT2D eigenvalue weighted by Gasteiger charge is 2.02. The summed E-state index contributed by atoms with van der Waals surface area (Å²) >= 11 is 0. The van der Waals surface area contributed by atoms with Gasteiger partial charge in [-0.1, -0.05) is 13.3 Å². The van der Waals surface area contributed by atoms with E-state index >= 15 is 0 Å². The lowest BCUT2D eigenvalue weighted by Gasteiger charge is -1.98. The van der Waals surface area contributed by atoms with Crippen LogP contribution in [0.2, 0.25) is 0 Å². The molecule has 0 saturated carbocycles. The van der Waals surface area contributed by atoms with Gasteiger partial charge in [0.25, 0.3) is 0 Å². The third kappa shape index (κ3) is 1.70. The Morgan fingerprint density at radius 2 is 2.36 bits per heavy atom. The van der Waals surface area contributed by atoms with Crippen LogP contribution in [0.4, 0.5) is 0 Å². The molecule has 0 aromatic carbocycles. The van der Waals surface area contributed by atoms with Gasteiger partial charge in [0.05, 0.1) is 0 Å². The molecule has 1 aromatic heterocycles. The molecule has 0 aliphatic carbocycles. The Bertz CT molecular complexity index is 248. The van der Waals surface area contributed by atoms with Crippen LogP contribution < -0.4 is 0 Å². The Morgan fingerprint density at radius 1 is 1.64 bits per heavy atom. The molecule has 0 radical (unpaired) electrons. The average molecular weight is 150 g/mol. The van der Waals surface area contributed by atoms with E-state index in [0.29, 0.717) is 5.71 Å². The van der Waals surface area contributed by atoms with E-state index in [9.17, 15) is 0 Å². The minimum atomic E-state index is 0.648. The van der Waals surface area contributed by atoms with Crippen LogP contribution in [0.15, 0.2) is 12.3 Å². The molecule has 1 rings (SSSR count). The zero-order chi connectivity index (χ0) is 8.27. The number of aromatic amines is 1. The molecular weight excluding hydrogens is 136 g/mol. The molecule has 2 N–H and O–H groups in total. The summed E-state index contributed by atoms with van der Waals surface area (Å²) in [6.45, 7) is 3.96. The van der Waals surface area contributed by atoms with Crippen molar-refractivity contribution < 1.29 is 0 Å². The monoisotopic (exact) mass is 150 g/mol. The molecule has 0 atom stereocenters. The molecule has 0 amide bonds. The predicted molar refractivity (Wildman–Crippen MR) is 47.3 cm³/mol. The first-order valence-corrected chi connectivity index (χ1v) is 3.97. The van der Waals surface area contributed by atoms with Crippen molar-refractivity contribution in [3.05, 3.63) is 23.5 Å². The van der Waals surface area contributed by atoms with Gasteiger partial charge in [0, 0.05) is 23.2 Å². The third-order valence-corrected chi connectivity index (χ3v) is 1.74. The zero-order valence-electron chi connectivity index (χ0n) is 7.07. The standard InChI is InChI=1S/C9H14N2/c1-3-4-9-8(7(2)10)5-6-11-9/h5-6,10-11H,3-4H2,1-2H3. The highest BCUT2D eigenvalue weighted by atomic mass is 14.7. The fraction of sp³-hybridized carbons (Fsp3) is 0.444. The summed E-state index contributed by atoms with van der Waals surface area (Å²) in [6.07, 6.45) is 4.07. The topological polar surface area (TPSA) is 39.6 Å². The Labute approximate surface area is 67.2 Å². The maximum atomic E-state index is 7.45. The van der Waals surface area contributed by atoms with Crippen molar-refractivity contribution in [3.63, 3.8) is 0 Å². The lowest BCUT2D eigenvalue weighted by molar-refractivity contribution is 0.890. The molecule has 1 heterocycles. The summed E-state index contributed by atoms with van der Waals surface area (Å²) in [5, 5.41) is 7.45. The van der Waals surface area contributed by atoms with E-state index in [1.807, 2.05) is 19.2 Å². The largest absolute Gasteiger partial charge is 0.364 e. The zero-order valence-corrected chi connectivity index (χ0v) is 7.07. The fourth-order valence-electron chi connectivity index (χ4n) is 1.21. The summed E-state index contributed by atoms with van der Waals surface area (Å²) in [5.74, 6) is 0. The first kappa shape index (κ1) is 8.05. The Kier molecular flexibility index (Phi) is 2.47. The summed E-state index contributed by atoms with van der Waals surface area (Å²) < 4.78 is 0. The lowest BCUT2D eigenvalue weighted by atomic mass is 10.1. The minimum absolute atomic E-state index is 0.648. The van der Waals surface area contributed by atoms with Crippen LogP contribution in [0.25, 0.3) is 0 Å². The van der Waals surface area contributed by atoms with Crippen molar-refractivity contribution in [3.8, 4) is 0 Å². The van der Waals surface area contributed by atoms with E-state index in [2.05, 4.69) is 11.9 Å². The number of aryl methyl sites for hydroxylation is 1. The molecule has 0 unspecified atom stereocenters. The van der Waals surface area contributed by atoms with E-state index in [1.54, 1.807) is 0 Å². The Hall–Kier alpha value is -1.05. The van der Waals surface area contributed by atoms with E-state index < -0.39 is 0 Å². The highest BCUT2D eigenvalue weighted by Crippen LogP contribution is 2.09. The number of hydrogen-bond acceptors (Lipinski definition) is 1. The van der Waals surface area contributed by atoms with Crippen LogP contribution in [0.5, 0.6) is 0 Å². The second-order valence-corrected chi connectivity index (χ2v) is 2.74. The lowest BCUT2D eigenvalue weighted by Crippen LogP contribution is -1.96. The molecular formula is C9H14N2. The van der Waals surface area contributed by atoms with Gasteiger partial charge in [-0.2, -0.15) is 0 Å². The van der Waals surface area contributed by atoms with Gasteiger partial charge in [-0.15, -0.1) is 0 Å². The van der Waals surface area contributed by atoms with Crippen molar-refractivity contribution in [2.75, 3.05) is 0 Å². The van der Waals surface area contributed by atoms with Gasteiger partial charge in [0.1, 0.15) is 0 Å². The van der Waals surface area contributed by atoms with Crippen molar-refractivity contribution in [2.24, 2.45) is 0 Å². The van der Waals surface area contributed by atoms with Crippen LogP contribution in [0.1, 0.15) is 31.5 Å². The molecule has 2 nitrogen and oxygen atoms in total. The van der Waals surface area contributed by atoms with Crippen LogP contribution >= 0.6 is 0 Å². The summed E-state index contributed by atoms with van der Waals surface area (Å²) in [4.78, 5) is 3.15. The second-order valence-electron chi connectivity index (χ2n) is 2.74. The van der Waals surface area contributed by atoms with Gasteiger partial charge in [-0.05, 0) is 19.4 Å². The molecule has 0 saturated heterocycles. The molecule has 2 heteroatoms. The maximum Gasteiger partial charge on any atom is 0.0373 e. The number of hydrogen-bond donors (Lipinski definition) is 2. The molecule has 0 aliphatic rings. The van der Waals surface area contributed by atoms with E-state index in [1.165, 1.54) is 5.69 Å². The number of aromatic nitrogens is 1. The number of nitrogens with one attached hydrogen (secondary N) is 2. The quantitative estimate of drug-likeness (QED) is 0.621. The van der Waals surface area contributed by atoms with Crippen LogP contribution in [-0.2, 0) is 6.42 Å². The number of H-pyrrole nitrogens is 1. The molecule has 0 aliphatic heterocycles. The average Bonchev–Trinajstić information content (AvgIpc) is 2.36. The van der Waals surface area contributed by atoms with Crippen molar-refractivity contribution in [2.45, 2.75) is 26.7 Å². The molecule has 1 aromatic rings. The SMILES string of the molecule is CCCc1[nH]ccc1C(C)=N. The van der Waals surface area contributed by atoms with Gasteiger partial charge in [0.2, 0.25) is 0 Å². The minimum Gasteiger partial charge on any atom is -0.364 e. The molecule has 11 heavy (non-hydrogen) atoms. The predicted octanol–water partition coefficient (Wildman–Crippen LogP) is 2.35. The molecule has 0 spiro atoms. The van der Waals surface area contributed by atoms with Gasteiger partial charge in [-0.3, -0.25) is 0 Å². The van der Waals surface area contributed by atoms with Crippen LogP contribution in [-0.4, -0.2) is 10.7 Å². The van der Waals surface area contributed by atoms with E-state index in [-0.39, 0.29) is 0 Å². The molecule has 0 bridgehead atoms. The first-order valence-electron chi connectivity index (χ1n) is 3.97. The highest BCUT2D eigenvalue weighted by molar-refractivity contribution is 5.97. The first-order chi connectivity index (χ1) is 5.25. The van der Waals surface area contributed by atoms with Gasteiger partial charge in [0.15, 0.2) is 0 Å². The van der Waals surface area contributed by atoms with Crippen molar-refractivity contribution >= 4 is 5.71 Å².